The fourth-order valence-electron chi connectivity index (χ4n) is 2.94. The summed E-state index contributed by atoms with van der Waals surface area (Å²) < 4.78 is 41.5. The van der Waals surface area contributed by atoms with Crippen molar-refractivity contribution in [3.63, 3.8) is 0 Å². The largest absolute Gasteiger partial charge is 0.479 e. The van der Waals surface area contributed by atoms with E-state index in [-0.39, 0.29) is 19.5 Å². The number of carboxylic acids is 1. The molecule has 0 saturated carbocycles. The molecule has 8 heteroatoms. The van der Waals surface area contributed by atoms with E-state index in [1.165, 1.54) is 4.31 Å². The molecule has 1 atom stereocenters. The van der Waals surface area contributed by atoms with Gasteiger partial charge >= 0.3 is 5.97 Å². The standard InChI is InChI=1S/C14H17FN2O4S/c15-14(13(18)19)6-8-17(10-14)22(20,21)16-7-5-11-3-1-2-4-12(11)9-16/h1-4H,5-10H2,(H,18,19). The maximum absolute atomic E-state index is 14.1. The number of halogens is 1. The Morgan fingerprint density at radius 2 is 1.86 bits per heavy atom. The molecule has 1 aromatic carbocycles. The minimum atomic E-state index is -3.85. The van der Waals surface area contributed by atoms with Crippen molar-refractivity contribution in [2.45, 2.75) is 25.1 Å². The minimum Gasteiger partial charge on any atom is -0.479 e. The van der Waals surface area contributed by atoms with Gasteiger partial charge in [0, 0.05) is 26.1 Å². The van der Waals surface area contributed by atoms with Crippen molar-refractivity contribution in [3.8, 4) is 0 Å². The predicted molar refractivity (Wildman–Crippen MR) is 77.1 cm³/mol. The first kappa shape index (κ1) is 15.4. The molecule has 0 aliphatic carbocycles. The Kier molecular flexibility index (Phi) is 3.70. The Labute approximate surface area is 128 Å². The second kappa shape index (κ2) is 5.29. The molecule has 1 saturated heterocycles. The van der Waals surface area contributed by atoms with Crippen molar-refractivity contribution in [2.75, 3.05) is 19.6 Å². The highest BCUT2D eigenvalue weighted by Gasteiger charge is 2.50. The van der Waals surface area contributed by atoms with E-state index < -0.39 is 28.4 Å². The monoisotopic (exact) mass is 328 g/mol. The van der Waals surface area contributed by atoms with Crippen LogP contribution in [0.4, 0.5) is 4.39 Å². The van der Waals surface area contributed by atoms with Crippen molar-refractivity contribution >= 4 is 16.2 Å². The van der Waals surface area contributed by atoms with E-state index in [0.29, 0.717) is 13.0 Å². The summed E-state index contributed by atoms with van der Waals surface area (Å²) in [6, 6.07) is 7.60. The van der Waals surface area contributed by atoms with Gasteiger partial charge in [-0.2, -0.15) is 17.0 Å². The molecule has 0 spiro atoms. The van der Waals surface area contributed by atoms with E-state index in [1.807, 2.05) is 24.3 Å². The van der Waals surface area contributed by atoms with Crippen LogP contribution in [0.1, 0.15) is 17.5 Å². The number of carboxylic acid groups (broad SMARTS) is 1. The van der Waals surface area contributed by atoms with Gasteiger partial charge in [-0.3, -0.25) is 0 Å². The molecule has 0 bridgehead atoms. The second-order valence-corrected chi connectivity index (χ2v) is 7.64. The lowest BCUT2D eigenvalue weighted by Crippen LogP contribution is -2.47. The third-order valence-electron chi connectivity index (χ3n) is 4.32. The molecular weight excluding hydrogens is 311 g/mol. The molecule has 1 unspecified atom stereocenters. The molecule has 120 valence electrons. The van der Waals surface area contributed by atoms with Crippen molar-refractivity contribution < 1.29 is 22.7 Å². The van der Waals surface area contributed by atoms with Gasteiger partial charge in [-0.1, -0.05) is 24.3 Å². The molecule has 0 amide bonds. The van der Waals surface area contributed by atoms with E-state index in [9.17, 15) is 17.6 Å². The Morgan fingerprint density at radius 3 is 2.50 bits per heavy atom. The second-order valence-electron chi connectivity index (χ2n) is 5.71. The highest BCUT2D eigenvalue weighted by molar-refractivity contribution is 7.86. The molecule has 1 aromatic rings. The Hall–Kier alpha value is -1.51. The fraction of sp³-hybridized carbons (Fsp3) is 0.500. The number of aliphatic carboxylic acids is 1. The molecular formula is C14H17FN2O4S. The van der Waals surface area contributed by atoms with Crippen LogP contribution < -0.4 is 0 Å². The quantitative estimate of drug-likeness (QED) is 0.890. The minimum absolute atomic E-state index is 0.108. The number of carbonyl (C=O) groups is 1. The fourth-order valence-corrected chi connectivity index (χ4v) is 4.58. The zero-order chi connectivity index (χ0) is 16.0. The van der Waals surface area contributed by atoms with Crippen LogP contribution in [0.3, 0.4) is 0 Å². The molecule has 0 aromatic heterocycles. The van der Waals surface area contributed by atoms with E-state index in [0.717, 1.165) is 15.4 Å². The first-order chi connectivity index (χ1) is 10.3. The van der Waals surface area contributed by atoms with Gasteiger partial charge in [0.25, 0.3) is 10.2 Å². The van der Waals surface area contributed by atoms with E-state index in [1.54, 1.807) is 0 Å². The third-order valence-corrected chi connectivity index (χ3v) is 6.24. The maximum Gasteiger partial charge on any atom is 0.342 e. The van der Waals surface area contributed by atoms with Gasteiger partial charge in [0.2, 0.25) is 5.67 Å². The topological polar surface area (TPSA) is 77.9 Å². The number of fused-ring (bicyclic) bond motifs is 1. The van der Waals surface area contributed by atoms with E-state index in [2.05, 4.69) is 0 Å². The molecule has 6 nitrogen and oxygen atoms in total. The zero-order valence-corrected chi connectivity index (χ0v) is 12.7. The van der Waals surface area contributed by atoms with E-state index >= 15 is 0 Å². The molecule has 2 aliphatic heterocycles. The Morgan fingerprint density at radius 1 is 1.18 bits per heavy atom. The number of alkyl halides is 1. The molecule has 3 rings (SSSR count). The summed E-state index contributed by atoms with van der Waals surface area (Å²) in [5.41, 5.74) is -0.442. The van der Waals surface area contributed by atoms with Gasteiger partial charge in [-0.05, 0) is 17.5 Å². The van der Waals surface area contributed by atoms with Crippen LogP contribution in [0.5, 0.6) is 0 Å². The summed E-state index contributed by atoms with van der Waals surface area (Å²) in [6.07, 6.45) is 0.287. The highest BCUT2D eigenvalue weighted by atomic mass is 32.2. The lowest BCUT2D eigenvalue weighted by Gasteiger charge is -2.31. The average Bonchev–Trinajstić information content (AvgIpc) is 2.91. The van der Waals surface area contributed by atoms with E-state index in [4.69, 9.17) is 5.11 Å². The molecule has 22 heavy (non-hydrogen) atoms. The van der Waals surface area contributed by atoms with Gasteiger partial charge in [0.15, 0.2) is 0 Å². The van der Waals surface area contributed by atoms with Gasteiger partial charge in [0.1, 0.15) is 0 Å². The van der Waals surface area contributed by atoms with Crippen molar-refractivity contribution in [1.29, 1.82) is 0 Å². The zero-order valence-electron chi connectivity index (χ0n) is 11.9. The van der Waals surface area contributed by atoms with Crippen LogP contribution in [-0.4, -0.2) is 53.4 Å². The number of benzene rings is 1. The number of nitrogens with zero attached hydrogens (tertiary/aromatic N) is 2. The number of hydrogen-bond acceptors (Lipinski definition) is 3. The lowest BCUT2D eigenvalue weighted by molar-refractivity contribution is -0.149. The van der Waals surface area contributed by atoms with Gasteiger partial charge in [-0.15, -0.1) is 0 Å². The Bertz CT molecular complexity index is 709. The van der Waals surface area contributed by atoms with Crippen LogP contribution in [0.25, 0.3) is 0 Å². The Balaban J connectivity index is 1.79. The number of rotatable bonds is 3. The molecule has 1 fully saturated rings. The maximum atomic E-state index is 14.1. The smallest absolute Gasteiger partial charge is 0.342 e. The lowest BCUT2D eigenvalue weighted by atomic mass is 10.0. The highest BCUT2D eigenvalue weighted by Crippen LogP contribution is 2.30. The predicted octanol–water partition coefficient (Wildman–Crippen LogP) is 0.788. The molecule has 2 heterocycles. The van der Waals surface area contributed by atoms with Crippen molar-refractivity contribution in [2.24, 2.45) is 0 Å². The molecule has 1 N–H and O–H groups in total. The SMILES string of the molecule is O=C(O)C1(F)CCN(S(=O)(=O)N2CCc3ccccc3C2)C1. The van der Waals surface area contributed by atoms with Gasteiger partial charge < -0.3 is 5.11 Å². The van der Waals surface area contributed by atoms with Gasteiger partial charge in [0.05, 0.1) is 6.54 Å². The summed E-state index contributed by atoms with van der Waals surface area (Å²) in [4.78, 5) is 10.9. The van der Waals surface area contributed by atoms with Crippen molar-refractivity contribution in [3.05, 3.63) is 35.4 Å². The van der Waals surface area contributed by atoms with Crippen molar-refractivity contribution in [1.82, 2.24) is 8.61 Å². The van der Waals surface area contributed by atoms with Crippen LogP contribution in [0.2, 0.25) is 0 Å². The molecule has 0 radical (unpaired) electrons. The van der Waals surface area contributed by atoms with Gasteiger partial charge in [-0.25, -0.2) is 9.18 Å². The third kappa shape index (κ3) is 2.51. The average molecular weight is 328 g/mol. The summed E-state index contributed by atoms with van der Waals surface area (Å²) in [5, 5.41) is 8.89. The van der Waals surface area contributed by atoms with Crippen LogP contribution >= 0.6 is 0 Å². The molecule has 2 aliphatic rings. The van der Waals surface area contributed by atoms with Crippen LogP contribution in [0, 0.1) is 0 Å². The summed E-state index contributed by atoms with van der Waals surface area (Å²) in [5.74, 6) is -1.60. The summed E-state index contributed by atoms with van der Waals surface area (Å²) in [6.45, 7) is -0.171. The number of hydrogen-bond donors (Lipinski definition) is 1. The first-order valence-electron chi connectivity index (χ1n) is 7.07. The van der Waals surface area contributed by atoms with Crippen LogP contribution in [0.15, 0.2) is 24.3 Å². The first-order valence-corrected chi connectivity index (χ1v) is 8.47. The summed E-state index contributed by atoms with van der Waals surface area (Å²) >= 11 is 0. The van der Waals surface area contributed by atoms with Crippen LogP contribution in [-0.2, 0) is 28.0 Å². The summed E-state index contributed by atoms with van der Waals surface area (Å²) in [7, 11) is -3.85. The normalized spacial score (nSPS) is 26.8.